The molecule has 0 spiro atoms. The molecule has 0 unspecified atom stereocenters. The van der Waals surface area contributed by atoms with Crippen LogP contribution < -0.4 is 0 Å². The number of hydrogen-bond donors (Lipinski definition) is 1. The number of nitrogens with zero attached hydrogens (tertiary/aromatic N) is 1. The van der Waals surface area contributed by atoms with Crippen LogP contribution in [0.1, 0.15) is 0 Å². The van der Waals surface area contributed by atoms with Crippen molar-refractivity contribution in [2.45, 2.75) is 0 Å². The highest BCUT2D eigenvalue weighted by molar-refractivity contribution is 6.39. The fraction of sp³-hybridized carbons (Fsp3) is 0. The lowest BCUT2D eigenvalue weighted by Crippen LogP contribution is -1.87. The van der Waals surface area contributed by atoms with Gasteiger partial charge in [0, 0.05) is 10.9 Å². The Morgan fingerprint density at radius 2 is 1.63 bits per heavy atom. The molecule has 0 saturated heterocycles. The summed E-state index contributed by atoms with van der Waals surface area (Å²) in [6.07, 6.45) is 0. The van der Waals surface area contributed by atoms with Crippen LogP contribution in [0.4, 0.5) is 0 Å². The first-order chi connectivity index (χ1) is 9.15. The number of fused-ring (bicyclic) bond motifs is 1. The Kier molecular flexibility index (Phi) is 3.05. The maximum Gasteiger partial charge on any atom is 0.116 e. The molecule has 0 aliphatic heterocycles. The summed E-state index contributed by atoms with van der Waals surface area (Å²) in [6.45, 7) is 0. The molecule has 0 saturated carbocycles. The van der Waals surface area contributed by atoms with Crippen molar-refractivity contribution < 1.29 is 5.11 Å². The van der Waals surface area contributed by atoms with Gasteiger partial charge in [-0.3, -0.25) is 0 Å². The Morgan fingerprint density at radius 3 is 2.37 bits per heavy atom. The third-order valence-electron chi connectivity index (χ3n) is 2.89. The lowest BCUT2D eigenvalue weighted by molar-refractivity contribution is 0.476. The molecule has 4 heteroatoms. The lowest BCUT2D eigenvalue weighted by atomic mass is 10.1. The number of aromatic nitrogens is 1. The van der Waals surface area contributed by atoms with Gasteiger partial charge in [-0.1, -0.05) is 35.3 Å². The number of benzene rings is 2. The molecular weight excluding hydrogens is 281 g/mol. The number of phenols is 1. The van der Waals surface area contributed by atoms with Gasteiger partial charge in [-0.2, -0.15) is 0 Å². The van der Waals surface area contributed by atoms with E-state index in [1.54, 1.807) is 36.4 Å². The fourth-order valence-corrected chi connectivity index (χ4v) is 2.59. The van der Waals surface area contributed by atoms with Crippen molar-refractivity contribution in [3.05, 3.63) is 58.6 Å². The molecule has 2 nitrogen and oxygen atoms in total. The first-order valence-electron chi connectivity index (χ1n) is 5.69. The number of pyridine rings is 1. The topological polar surface area (TPSA) is 33.1 Å². The average Bonchev–Trinajstić information content (AvgIpc) is 2.38. The SMILES string of the molecule is Oc1ccc2nc(-c3c(Cl)cccc3Cl)ccc2c1. The Bertz CT molecular complexity index is 751. The first-order valence-corrected chi connectivity index (χ1v) is 6.45. The molecule has 1 heterocycles. The quantitative estimate of drug-likeness (QED) is 0.690. The Morgan fingerprint density at radius 1 is 0.895 bits per heavy atom. The van der Waals surface area contributed by atoms with E-state index < -0.39 is 0 Å². The molecule has 94 valence electrons. The molecule has 0 aliphatic carbocycles. The van der Waals surface area contributed by atoms with E-state index >= 15 is 0 Å². The van der Waals surface area contributed by atoms with Crippen molar-refractivity contribution in [1.82, 2.24) is 4.98 Å². The van der Waals surface area contributed by atoms with Gasteiger partial charge in [0.25, 0.3) is 0 Å². The van der Waals surface area contributed by atoms with E-state index in [0.29, 0.717) is 15.7 Å². The summed E-state index contributed by atoms with van der Waals surface area (Å²) in [5.74, 6) is 0.220. The van der Waals surface area contributed by atoms with E-state index in [-0.39, 0.29) is 5.75 Å². The van der Waals surface area contributed by atoms with Crippen LogP contribution in [0, 0.1) is 0 Å². The highest BCUT2D eigenvalue weighted by Gasteiger charge is 2.10. The summed E-state index contributed by atoms with van der Waals surface area (Å²) in [5, 5.41) is 11.4. The molecule has 19 heavy (non-hydrogen) atoms. The average molecular weight is 290 g/mol. The van der Waals surface area contributed by atoms with Gasteiger partial charge in [-0.05, 0) is 36.4 Å². The van der Waals surface area contributed by atoms with Crippen molar-refractivity contribution in [1.29, 1.82) is 0 Å². The zero-order valence-electron chi connectivity index (χ0n) is 9.77. The molecule has 3 aromatic rings. The Hall–Kier alpha value is -1.77. The minimum absolute atomic E-state index is 0.220. The highest BCUT2D eigenvalue weighted by atomic mass is 35.5. The highest BCUT2D eigenvalue weighted by Crippen LogP contribution is 2.34. The van der Waals surface area contributed by atoms with Crippen LogP contribution in [-0.4, -0.2) is 10.1 Å². The molecule has 2 aromatic carbocycles. The van der Waals surface area contributed by atoms with Crippen molar-refractivity contribution in [2.75, 3.05) is 0 Å². The van der Waals surface area contributed by atoms with Gasteiger partial charge in [0.15, 0.2) is 0 Å². The molecule has 0 bridgehead atoms. The summed E-state index contributed by atoms with van der Waals surface area (Å²) in [5.41, 5.74) is 2.22. The fourth-order valence-electron chi connectivity index (χ4n) is 1.99. The van der Waals surface area contributed by atoms with E-state index in [1.807, 2.05) is 12.1 Å². The second-order valence-corrected chi connectivity index (χ2v) is 4.98. The van der Waals surface area contributed by atoms with E-state index in [1.165, 1.54) is 0 Å². The molecule has 0 radical (unpaired) electrons. The van der Waals surface area contributed by atoms with Crippen LogP contribution in [0.15, 0.2) is 48.5 Å². The van der Waals surface area contributed by atoms with Crippen LogP contribution >= 0.6 is 23.2 Å². The van der Waals surface area contributed by atoms with E-state index in [2.05, 4.69) is 4.98 Å². The zero-order valence-corrected chi connectivity index (χ0v) is 11.3. The number of halogens is 2. The number of hydrogen-bond acceptors (Lipinski definition) is 2. The molecule has 0 atom stereocenters. The van der Waals surface area contributed by atoms with Crippen LogP contribution in [0.25, 0.3) is 22.2 Å². The normalized spacial score (nSPS) is 10.8. The maximum absolute atomic E-state index is 9.43. The van der Waals surface area contributed by atoms with Crippen molar-refractivity contribution >= 4 is 34.1 Å². The smallest absolute Gasteiger partial charge is 0.116 e. The molecule has 1 aromatic heterocycles. The third kappa shape index (κ3) is 2.25. The van der Waals surface area contributed by atoms with Crippen molar-refractivity contribution in [3.8, 4) is 17.0 Å². The first kappa shape index (κ1) is 12.3. The molecule has 3 rings (SSSR count). The third-order valence-corrected chi connectivity index (χ3v) is 3.52. The summed E-state index contributed by atoms with van der Waals surface area (Å²) in [6, 6.07) is 14.1. The monoisotopic (exact) mass is 289 g/mol. The van der Waals surface area contributed by atoms with E-state index in [0.717, 1.165) is 16.5 Å². The van der Waals surface area contributed by atoms with Crippen LogP contribution in [-0.2, 0) is 0 Å². The minimum atomic E-state index is 0.220. The molecule has 1 N–H and O–H groups in total. The van der Waals surface area contributed by atoms with Crippen LogP contribution in [0.5, 0.6) is 5.75 Å². The number of phenolic OH excluding ortho intramolecular Hbond substituents is 1. The Labute approximate surface area is 120 Å². The molecular formula is C15H9Cl2NO. The second kappa shape index (κ2) is 4.72. The van der Waals surface area contributed by atoms with Crippen molar-refractivity contribution in [3.63, 3.8) is 0 Å². The summed E-state index contributed by atoms with van der Waals surface area (Å²) in [7, 11) is 0. The van der Waals surface area contributed by atoms with Gasteiger partial charge >= 0.3 is 0 Å². The molecule has 0 amide bonds. The standard InChI is InChI=1S/C15H9Cl2NO/c16-11-2-1-3-12(17)15(11)14-6-4-9-8-10(19)5-7-13(9)18-14/h1-8,19H. The van der Waals surface area contributed by atoms with Gasteiger partial charge < -0.3 is 5.11 Å². The van der Waals surface area contributed by atoms with Crippen LogP contribution in [0.3, 0.4) is 0 Å². The minimum Gasteiger partial charge on any atom is -0.508 e. The summed E-state index contributed by atoms with van der Waals surface area (Å²) >= 11 is 12.4. The second-order valence-electron chi connectivity index (χ2n) is 4.17. The zero-order chi connectivity index (χ0) is 13.4. The summed E-state index contributed by atoms with van der Waals surface area (Å²) in [4.78, 5) is 4.53. The van der Waals surface area contributed by atoms with Gasteiger partial charge in [0.2, 0.25) is 0 Å². The number of aromatic hydroxyl groups is 1. The van der Waals surface area contributed by atoms with Gasteiger partial charge in [-0.25, -0.2) is 4.98 Å². The van der Waals surface area contributed by atoms with Gasteiger partial charge in [0.1, 0.15) is 5.75 Å². The number of rotatable bonds is 1. The van der Waals surface area contributed by atoms with Gasteiger partial charge in [0.05, 0.1) is 21.3 Å². The van der Waals surface area contributed by atoms with E-state index in [4.69, 9.17) is 23.2 Å². The predicted octanol–water partition coefficient (Wildman–Crippen LogP) is 4.91. The largest absolute Gasteiger partial charge is 0.508 e. The predicted molar refractivity (Wildman–Crippen MR) is 78.9 cm³/mol. The maximum atomic E-state index is 9.43. The lowest BCUT2D eigenvalue weighted by Gasteiger charge is -2.07. The van der Waals surface area contributed by atoms with E-state index in [9.17, 15) is 5.11 Å². The summed E-state index contributed by atoms with van der Waals surface area (Å²) < 4.78 is 0. The molecule has 0 aliphatic rings. The molecule has 0 fully saturated rings. The van der Waals surface area contributed by atoms with Crippen LogP contribution in [0.2, 0.25) is 10.0 Å². The van der Waals surface area contributed by atoms with Gasteiger partial charge in [-0.15, -0.1) is 0 Å². The Balaban J connectivity index is 2.24. The van der Waals surface area contributed by atoms with Crippen molar-refractivity contribution in [2.24, 2.45) is 0 Å².